The zero-order valence-electron chi connectivity index (χ0n) is 22.4. The van der Waals surface area contributed by atoms with E-state index in [1.54, 1.807) is 0 Å². The molecule has 0 aromatic heterocycles. The van der Waals surface area contributed by atoms with Crippen LogP contribution in [0.15, 0.2) is 12.2 Å². The predicted octanol–water partition coefficient (Wildman–Crippen LogP) is 6.17. The Morgan fingerprint density at radius 1 is 0.765 bits per heavy atom. The molecule has 0 bridgehead atoms. The molecule has 0 aliphatic rings. The van der Waals surface area contributed by atoms with E-state index in [-0.39, 0.29) is 25.8 Å². The highest BCUT2D eigenvalue weighted by atomic mass is 31.2. The third kappa shape index (κ3) is 25.9. The van der Waals surface area contributed by atoms with E-state index in [9.17, 15) is 14.3 Å². The van der Waals surface area contributed by atoms with Crippen LogP contribution in [0.3, 0.4) is 0 Å². The summed E-state index contributed by atoms with van der Waals surface area (Å²) in [5.74, 6) is -0.234. The van der Waals surface area contributed by atoms with Gasteiger partial charge in [0.25, 0.3) is 7.82 Å². The summed E-state index contributed by atoms with van der Waals surface area (Å²) >= 11 is 0. The first-order valence-corrected chi connectivity index (χ1v) is 14.8. The molecule has 0 aromatic rings. The van der Waals surface area contributed by atoms with E-state index in [0.717, 1.165) is 25.7 Å². The molecule has 0 saturated carbocycles. The molecule has 202 valence electrons. The van der Waals surface area contributed by atoms with Gasteiger partial charge in [-0.1, -0.05) is 70.4 Å². The van der Waals surface area contributed by atoms with Gasteiger partial charge in [-0.05, 0) is 32.1 Å². The van der Waals surface area contributed by atoms with Gasteiger partial charge in [0.15, 0.2) is 0 Å². The molecule has 34 heavy (non-hydrogen) atoms. The summed E-state index contributed by atoms with van der Waals surface area (Å²) in [5.41, 5.74) is 0. The van der Waals surface area contributed by atoms with E-state index in [2.05, 4.69) is 19.1 Å². The van der Waals surface area contributed by atoms with Crippen molar-refractivity contribution in [3.63, 3.8) is 0 Å². The fourth-order valence-corrected chi connectivity index (χ4v) is 4.03. The van der Waals surface area contributed by atoms with Crippen LogP contribution in [0.1, 0.15) is 103 Å². The number of carbonyl (C=O) groups is 1. The maximum atomic E-state index is 11.8. The Labute approximate surface area is 209 Å². The number of nitrogens with zero attached hydrogens (tertiary/aromatic N) is 1. The maximum absolute atomic E-state index is 11.8. The molecule has 0 heterocycles. The van der Waals surface area contributed by atoms with Crippen molar-refractivity contribution in [3.05, 3.63) is 12.2 Å². The van der Waals surface area contributed by atoms with Gasteiger partial charge in [-0.15, -0.1) is 0 Å². The summed E-state index contributed by atoms with van der Waals surface area (Å²) < 4.78 is 27.0. The van der Waals surface area contributed by atoms with Gasteiger partial charge in [-0.25, -0.2) is 0 Å². The minimum Gasteiger partial charge on any atom is -0.756 e. The van der Waals surface area contributed by atoms with Crippen LogP contribution in [-0.4, -0.2) is 58.0 Å². The number of likely N-dealkylation sites (N-methyl/N-ethyl adjacent to an activating group) is 1. The summed E-state index contributed by atoms with van der Waals surface area (Å²) in [4.78, 5) is 23.4. The van der Waals surface area contributed by atoms with Gasteiger partial charge in [0, 0.05) is 12.8 Å². The number of phosphoric acid groups is 1. The van der Waals surface area contributed by atoms with Crippen LogP contribution in [0.2, 0.25) is 0 Å². The topological polar surface area (TPSA) is 84.9 Å². The summed E-state index contributed by atoms with van der Waals surface area (Å²) in [7, 11) is 1.56. The number of hydrogen-bond donors (Lipinski definition) is 0. The predicted molar refractivity (Wildman–Crippen MR) is 137 cm³/mol. The number of esters is 1. The minimum atomic E-state index is -4.29. The zero-order chi connectivity index (χ0) is 25.5. The molecule has 0 aliphatic heterocycles. The van der Waals surface area contributed by atoms with Crippen molar-refractivity contribution in [2.24, 2.45) is 0 Å². The Morgan fingerprint density at radius 2 is 1.29 bits per heavy atom. The highest BCUT2D eigenvalue weighted by molar-refractivity contribution is 7.45. The molecule has 0 radical (unpaired) electrons. The van der Waals surface area contributed by atoms with Crippen molar-refractivity contribution >= 4 is 13.8 Å². The van der Waals surface area contributed by atoms with Gasteiger partial charge in [-0.3, -0.25) is 9.36 Å². The molecule has 0 spiro atoms. The molecule has 0 aliphatic carbocycles. The second-order valence-electron chi connectivity index (χ2n) is 10.0. The van der Waals surface area contributed by atoms with Crippen LogP contribution in [0.25, 0.3) is 0 Å². The van der Waals surface area contributed by atoms with Crippen molar-refractivity contribution < 1.29 is 32.5 Å². The van der Waals surface area contributed by atoms with Gasteiger partial charge in [0.1, 0.15) is 13.2 Å². The smallest absolute Gasteiger partial charge is 0.305 e. The van der Waals surface area contributed by atoms with Gasteiger partial charge >= 0.3 is 5.97 Å². The molecule has 8 heteroatoms. The molecule has 0 N–H and O–H groups in total. The van der Waals surface area contributed by atoms with Crippen molar-refractivity contribution in [2.45, 2.75) is 103 Å². The fraction of sp³-hybridized carbons (Fsp3) is 0.885. The van der Waals surface area contributed by atoms with E-state index >= 15 is 0 Å². The number of allylic oxidation sites excluding steroid dienone is 2. The van der Waals surface area contributed by atoms with Gasteiger partial charge < -0.3 is 23.2 Å². The molecule has 1 unspecified atom stereocenters. The first-order chi connectivity index (χ1) is 16.2. The average molecular weight is 506 g/mol. The van der Waals surface area contributed by atoms with E-state index in [0.29, 0.717) is 23.9 Å². The molecule has 0 fully saturated rings. The molecule has 0 saturated heterocycles. The fourth-order valence-electron chi connectivity index (χ4n) is 3.30. The Bertz CT molecular complexity index is 562. The number of quaternary nitrogens is 1. The Kier molecular flexibility index (Phi) is 21.1. The number of rotatable bonds is 24. The Hall–Kier alpha value is -0.720. The highest BCUT2D eigenvalue weighted by Gasteiger charge is 2.13. The van der Waals surface area contributed by atoms with Crippen LogP contribution in [0, 0.1) is 0 Å². The average Bonchev–Trinajstić information content (AvgIpc) is 2.75. The second kappa shape index (κ2) is 21.6. The van der Waals surface area contributed by atoms with Crippen LogP contribution in [0.4, 0.5) is 0 Å². The van der Waals surface area contributed by atoms with Crippen LogP contribution in [-0.2, 0) is 23.1 Å². The molecule has 0 rings (SSSR count). The third-order valence-electron chi connectivity index (χ3n) is 5.46. The van der Waals surface area contributed by atoms with Gasteiger partial charge in [0.05, 0.1) is 34.4 Å². The SMILES string of the molecule is CCCCCCCC/C=C\CCCCCCCC(=O)OCCCOP(=O)([O-])OCC[N+](C)(C)C. The maximum Gasteiger partial charge on any atom is 0.305 e. The lowest BCUT2D eigenvalue weighted by Crippen LogP contribution is -2.37. The van der Waals surface area contributed by atoms with Crippen LogP contribution >= 0.6 is 7.82 Å². The summed E-state index contributed by atoms with van der Waals surface area (Å²) in [6, 6.07) is 0. The number of carbonyl (C=O) groups excluding carboxylic acids is 1. The third-order valence-corrected chi connectivity index (χ3v) is 6.45. The lowest BCUT2D eigenvalue weighted by molar-refractivity contribution is -0.870. The van der Waals surface area contributed by atoms with Gasteiger partial charge in [0.2, 0.25) is 0 Å². The van der Waals surface area contributed by atoms with Crippen LogP contribution in [0.5, 0.6) is 0 Å². The molecule has 7 nitrogen and oxygen atoms in total. The van der Waals surface area contributed by atoms with Crippen LogP contribution < -0.4 is 4.89 Å². The molecule has 0 aromatic carbocycles. The van der Waals surface area contributed by atoms with Crippen molar-refractivity contribution in [3.8, 4) is 0 Å². The number of unbranched alkanes of at least 4 members (excludes halogenated alkanes) is 11. The summed E-state index contributed by atoms with van der Waals surface area (Å²) in [6.45, 7) is 3.00. The monoisotopic (exact) mass is 505 g/mol. The standard InChI is InChI=1S/C26H52NO6P/c1-5-6-7-8-9-10-11-12-13-14-15-16-17-18-19-21-26(28)31-23-20-24-32-34(29,30)33-25-22-27(2,3)4/h12-13H,5-11,14-25H2,1-4H3/b13-12-. The zero-order valence-corrected chi connectivity index (χ0v) is 23.3. The molecule has 0 amide bonds. The highest BCUT2D eigenvalue weighted by Crippen LogP contribution is 2.38. The quantitative estimate of drug-likeness (QED) is 0.0513. The van der Waals surface area contributed by atoms with Crippen molar-refractivity contribution in [1.82, 2.24) is 0 Å². The first-order valence-electron chi connectivity index (χ1n) is 13.4. The Balaban J connectivity index is 3.45. The van der Waals surface area contributed by atoms with Crippen molar-refractivity contribution in [1.29, 1.82) is 0 Å². The summed E-state index contributed by atoms with van der Waals surface area (Å²) in [6.07, 6.45) is 21.3. The summed E-state index contributed by atoms with van der Waals surface area (Å²) in [5, 5.41) is 0. The molecular weight excluding hydrogens is 453 g/mol. The second-order valence-corrected chi connectivity index (χ2v) is 11.4. The number of phosphoric ester groups is 1. The largest absolute Gasteiger partial charge is 0.756 e. The lowest BCUT2D eigenvalue weighted by Gasteiger charge is -2.27. The number of hydrogen-bond acceptors (Lipinski definition) is 6. The van der Waals surface area contributed by atoms with Crippen molar-refractivity contribution in [2.75, 3.05) is 47.5 Å². The molecule has 1 atom stereocenters. The normalized spacial score (nSPS) is 13.9. The van der Waals surface area contributed by atoms with E-state index < -0.39 is 7.82 Å². The van der Waals surface area contributed by atoms with E-state index in [1.165, 1.54) is 57.8 Å². The Morgan fingerprint density at radius 3 is 1.88 bits per heavy atom. The van der Waals surface area contributed by atoms with Gasteiger partial charge in [-0.2, -0.15) is 0 Å². The molecular formula is C26H52NO6P. The van der Waals surface area contributed by atoms with E-state index in [1.807, 2.05) is 21.1 Å². The lowest BCUT2D eigenvalue weighted by atomic mass is 10.1. The van der Waals surface area contributed by atoms with E-state index in [4.69, 9.17) is 13.8 Å². The number of ether oxygens (including phenoxy) is 1. The first kappa shape index (κ1) is 33.3. The minimum absolute atomic E-state index is 0.0498.